The highest BCUT2D eigenvalue weighted by Gasteiger charge is 2.08. The highest BCUT2D eigenvalue weighted by Crippen LogP contribution is 2.23. The van der Waals surface area contributed by atoms with Crippen LogP contribution in [0.2, 0.25) is 0 Å². The number of imidazole rings is 1. The smallest absolute Gasteiger partial charge is 0.140 e. The first kappa shape index (κ1) is 9.97. The van der Waals surface area contributed by atoms with E-state index in [1.807, 2.05) is 12.4 Å². The SMILES string of the molecule is CCn1ccnc1-c1cccc(C)c1C. The molecule has 0 aliphatic carbocycles. The monoisotopic (exact) mass is 200 g/mol. The van der Waals surface area contributed by atoms with E-state index >= 15 is 0 Å². The van der Waals surface area contributed by atoms with Crippen LogP contribution < -0.4 is 0 Å². The largest absolute Gasteiger partial charge is 0.331 e. The van der Waals surface area contributed by atoms with Crippen LogP contribution in [0.1, 0.15) is 18.1 Å². The number of hydrogen-bond donors (Lipinski definition) is 0. The Morgan fingerprint density at radius 3 is 2.80 bits per heavy atom. The second kappa shape index (κ2) is 3.89. The van der Waals surface area contributed by atoms with Crippen molar-refractivity contribution in [3.05, 3.63) is 41.7 Å². The van der Waals surface area contributed by atoms with Crippen LogP contribution in [0.15, 0.2) is 30.6 Å². The maximum atomic E-state index is 4.42. The standard InChI is InChI=1S/C13H16N2/c1-4-15-9-8-14-13(15)12-7-5-6-10(2)11(12)3/h5-9H,4H2,1-3H3. The summed E-state index contributed by atoms with van der Waals surface area (Å²) in [5.41, 5.74) is 3.87. The van der Waals surface area contributed by atoms with Crippen molar-refractivity contribution in [1.82, 2.24) is 9.55 Å². The molecule has 0 fully saturated rings. The minimum atomic E-state index is 0.961. The molecular weight excluding hydrogens is 184 g/mol. The highest BCUT2D eigenvalue weighted by molar-refractivity contribution is 5.62. The molecule has 0 atom stereocenters. The van der Waals surface area contributed by atoms with Crippen molar-refractivity contribution in [2.75, 3.05) is 0 Å². The zero-order valence-electron chi connectivity index (χ0n) is 9.49. The Kier molecular flexibility index (Phi) is 2.58. The van der Waals surface area contributed by atoms with E-state index in [2.05, 4.69) is 48.5 Å². The summed E-state index contributed by atoms with van der Waals surface area (Å²) in [5.74, 6) is 1.07. The lowest BCUT2D eigenvalue weighted by molar-refractivity contribution is 0.770. The van der Waals surface area contributed by atoms with E-state index < -0.39 is 0 Å². The molecule has 1 aromatic heterocycles. The first-order valence-electron chi connectivity index (χ1n) is 5.31. The molecule has 0 spiro atoms. The third-order valence-electron chi connectivity index (χ3n) is 2.90. The predicted molar refractivity (Wildman–Crippen MR) is 62.8 cm³/mol. The summed E-state index contributed by atoms with van der Waals surface area (Å²) in [7, 11) is 0. The van der Waals surface area contributed by atoms with Gasteiger partial charge < -0.3 is 4.57 Å². The molecule has 2 rings (SSSR count). The van der Waals surface area contributed by atoms with Crippen molar-refractivity contribution >= 4 is 0 Å². The summed E-state index contributed by atoms with van der Waals surface area (Å²) in [6.07, 6.45) is 3.89. The minimum absolute atomic E-state index is 0.961. The summed E-state index contributed by atoms with van der Waals surface area (Å²) >= 11 is 0. The lowest BCUT2D eigenvalue weighted by atomic mass is 10.0. The summed E-state index contributed by atoms with van der Waals surface area (Å²) < 4.78 is 2.17. The molecule has 15 heavy (non-hydrogen) atoms. The Hall–Kier alpha value is -1.57. The molecule has 0 N–H and O–H groups in total. The first-order chi connectivity index (χ1) is 7.24. The molecule has 0 bridgehead atoms. The van der Waals surface area contributed by atoms with Crippen LogP contribution in [-0.2, 0) is 6.54 Å². The lowest BCUT2D eigenvalue weighted by Crippen LogP contribution is -1.98. The van der Waals surface area contributed by atoms with Gasteiger partial charge in [-0.05, 0) is 31.9 Å². The van der Waals surface area contributed by atoms with Gasteiger partial charge in [-0.2, -0.15) is 0 Å². The van der Waals surface area contributed by atoms with E-state index in [-0.39, 0.29) is 0 Å². The minimum Gasteiger partial charge on any atom is -0.331 e. The molecule has 2 nitrogen and oxygen atoms in total. The summed E-state index contributed by atoms with van der Waals surface area (Å²) in [4.78, 5) is 4.42. The van der Waals surface area contributed by atoms with Gasteiger partial charge in [0.2, 0.25) is 0 Å². The number of aromatic nitrogens is 2. The molecule has 0 radical (unpaired) electrons. The van der Waals surface area contributed by atoms with Crippen molar-refractivity contribution < 1.29 is 0 Å². The van der Waals surface area contributed by atoms with Gasteiger partial charge in [0, 0.05) is 24.5 Å². The number of hydrogen-bond acceptors (Lipinski definition) is 1. The Labute approximate surface area is 90.6 Å². The first-order valence-corrected chi connectivity index (χ1v) is 5.31. The zero-order valence-corrected chi connectivity index (χ0v) is 9.49. The van der Waals surface area contributed by atoms with Gasteiger partial charge in [0.05, 0.1) is 0 Å². The second-order valence-electron chi connectivity index (χ2n) is 3.78. The molecule has 0 unspecified atom stereocenters. The van der Waals surface area contributed by atoms with Crippen LogP contribution >= 0.6 is 0 Å². The van der Waals surface area contributed by atoms with Crippen molar-refractivity contribution in [2.24, 2.45) is 0 Å². The number of nitrogens with zero attached hydrogens (tertiary/aromatic N) is 2. The van der Waals surface area contributed by atoms with E-state index in [1.54, 1.807) is 0 Å². The third kappa shape index (κ3) is 1.67. The van der Waals surface area contributed by atoms with Gasteiger partial charge in [0.25, 0.3) is 0 Å². The van der Waals surface area contributed by atoms with Crippen LogP contribution in [0.25, 0.3) is 11.4 Å². The molecule has 0 saturated heterocycles. The van der Waals surface area contributed by atoms with Crippen LogP contribution in [0.4, 0.5) is 0 Å². The molecule has 0 aliphatic heterocycles. The predicted octanol–water partition coefficient (Wildman–Crippen LogP) is 3.19. The lowest BCUT2D eigenvalue weighted by Gasteiger charge is -2.09. The zero-order chi connectivity index (χ0) is 10.8. The highest BCUT2D eigenvalue weighted by atomic mass is 15.1. The van der Waals surface area contributed by atoms with E-state index in [1.165, 1.54) is 16.7 Å². The Bertz CT molecular complexity index is 469. The van der Waals surface area contributed by atoms with Crippen LogP contribution in [0.3, 0.4) is 0 Å². The van der Waals surface area contributed by atoms with Crippen LogP contribution in [0, 0.1) is 13.8 Å². The average molecular weight is 200 g/mol. The maximum absolute atomic E-state index is 4.42. The summed E-state index contributed by atoms with van der Waals surface area (Å²) in [5, 5.41) is 0. The average Bonchev–Trinajstić information content (AvgIpc) is 2.70. The van der Waals surface area contributed by atoms with E-state index in [0.29, 0.717) is 0 Å². The fourth-order valence-corrected chi connectivity index (χ4v) is 1.80. The maximum Gasteiger partial charge on any atom is 0.140 e. The van der Waals surface area contributed by atoms with Crippen molar-refractivity contribution in [2.45, 2.75) is 27.3 Å². The molecule has 78 valence electrons. The van der Waals surface area contributed by atoms with Gasteiger partial charge >= 0.3 is 0 Å². The molecule has 2 heteroatoms. The van der Waals surface area contributed by atoms with Crippen molar-refractivity contribution in [3.8, 4) is 11.4 Å². The van der Waals surface area contributed by atoms with Gasteiger partial charge in [0.1, 0.15) is 5.82 Å². The second-order valence-corrected chi connectivity index (χ2v) is 3.78. The fraction of sp³-hybridized carbons (Fsp3) is 0.308. The number of rotatable bonds is 2. The quantitative estimate of drug-likeness (QED) is 0.728. The Balaban J connectivity index is 2.59. The molecule has 1 heterocycles. The van der Waals surface area contributed by atoms with Gasteiger partial charge in [-0.15, -0.1) is 0 Å². The Morgan fingerprint density at radius 2 is 2.07 bits per heavy atom. The third-order valence-corrected chi connectivity index (χ3v) is 2.90. The molecule has 1 aromatic carbocycles. The van der Waals surface area contributed by atoms with Gasteiger partial charge in [-0.1, -0.05) is 18.2 Å². The van der Waals surface area contributed by atoms with Crippen molar-refractivity contribution in [3.63, 3.8) is 0 Å². The van der Waals surface area contributed by atoms with E-state index in [4.69, 9.17) is 0 Å². The van der Waals surface area contributed by atoms with E-state index in [9.17, 15) is 0 Å². The summed E-state index contributed by atoms with van der Waals surface area (Å²) in [6.45, 7) is 7.39. The van der Waals surface area contributed by atoms with Gasteiger partial charge in [-0.3, -0.25) is 0 Å². The molecule has 0 aliphatic rings. The molecule has 0 saturated carbocycles. The van der Waals surface area contributed by atoms with Gasteiger partial charge in [0.15, 0.2) is 0 Å². The van der Waals surface area contributed by atoms with Crippen molar-refractivity contribution in [1.29, 1.82) is 0 Å². The molecule has 2 aromatic rings. The number of benzene rings is 1. The fourth-order valence-electron chi connectivity index (χ4n) is 1.80. The Morgan fingerprint density at radius 1 is 1.27 bits per heavy atom. The van der Waals surface area contributed by atoms with Crippen LogP contribution in [-0.4, -0.2) is 9.55 Å². The molecular formula is C13H16N2. The number of aryl methyl sites for hydroxylation is 2. The van der Waals surface area contributed by atoms with Gasteiger partial charge in [-0.25, -0.2) is 4.98 Å². The summed E-state index contributed by atoms with van der Waals surface area (Å²) in [6, 6.07) is 6.36. The topological polar surface area (TPSA) is 17.8 Å². The molecule has 0 amide bonds. The normalized spacial score (nSPS) is 10.6. The van der Waals surface area contributed by atoms with E-state index in [0.717, 1.165) is 12.4 Å². The van der Waals surface area contributed by atoms with Crippen LogP contribution in [0.5, 0.6) is 0 Å².